The van der Waals surface area contributed by atoms with Crippen LogP contribution in [0.2, 0.25) is 0 Å². The summed E-state index contributed by atoms with van der Waals surface area (Å²) in [4.78, 5) is 22.7. The predicted octanol–water partition coefficient (Wildman–Crippen LogP) is 2.71. The van der Waals surface area contributed by atoms with Crippen molar-refractivity contribution in [1.82, 2.24) is 10.6 Å². The Balaban J connectivity index is 2.29. The van der Waals surface area contributed by atoms with Crippen molar-refractivity contribution in [3.8, 4) is 0 Å². The Morgan fingerprint density at radius 2 is 2.05 bits per heavy atom. The Bertz CT molecular complexity index is 355. The van der Waals surface area contributed by atoms with Gasteiger partial charge in [0.15, 0.2) is 0 Å². The standard InChI is InChI=1S/C15H28N2O3S/c1-11(2)7-12(8-13(18)19)9-16-14(20)17-10-15(3)5-4-6-21-15/h11-12H,4-10H2,1-3H3,(H,18,19)(H2,16,17,20). The Kier molecular flexibility index (Phi) is 7.35. The van der Waals surface area contributed by atoms with Gasteiger partial charge in [0.2, 0.25) is 0 Å². The molecule has 1 saturated heterocycles. The van der Waals surface area contributed by atoms with Crippen molar-refractivity contribution < 1.29 is 14.7 Å². The molecule has 2 unspecified atom stereocenters. The number of rotatable bonds is 8. The molecule has 1 fully saturated rings. The first-order valence-electron chi connectivity index (χ1n) is 7.68. The summed E-state index contributed by atoms with van der Waals surface area (Å²) in [5, 5.41) is 14.6. The number of urea groups is 1. The highest BCUT2D eigenvalue weighted by Gasteiger charge is 2.29. The SMILES string of the molecule is CC(C)CC(CNC(=O)NCC1(C)CCCS1)CC(=O)O. The Hall–Kier alpha value is -0.910. The molecule has 1 rings (SSSR count). The first kappa shape index (κ1) is 18.1. The Labute approximate surface area is 131 Å². The molecule has 0 aromatic rings. The topological polar surface area (TPSA) is 78.4 Å². The third-order valence-corrected chi connectivity index (χ3v) is 5.28. The number of carbonyl (C=O) groups is 2. The minimum Gasteiger partial charge on any atom is -0.481 e. The second-order valence-electron chi connectivity index (χ2n) is 6.56. The van der Waals surface area contributed by atoms with Crippen LogP contribution in [0.1, 0.15) is 46.5 Å². The van der Waals surface area contributed by atoms with E-state index in [1.807, 2.05) is 11.8 Å². The van der Waals surface area contributed by atoms with Crippen LogP contribution in [0.4, 0.5) is 4.79 Å². The number of carboxylic acids is 1. The third-order valence-electron chi connectivity index (χ3n) is 3.74. The van der Waals surface area contributed by atoms with Gasteiger partial charge in [0.1, 0.15) is 0 Å². The Morgan fingerprint density at radius 3 is 2.57 bits per heavy atom. The summed E-state index contributed by atoms with van der Waals surface area (Å²) in [6.45, 7) is 7.38. The lowest BCUT2D eigenvalue weighted by Gasteiger charge is -2.23. The molecule has 0 radical (unpaired) electrons. The monoisotopic (exact) mass is 316 g/mol. The highest BCUT2D eigenvalue weighted by atomic mass is 32.2. The van der Waals surface area contributed by atoms with E-state index in [0.29, 0.717) is 19.0 Å². The van der Waals surface area contributed by atoms with E-state index in [2.05, 4.69) is 31.4 Å². The van der Waals surface area contributed by atoms with Gasteiger partial charge in [0.05, 0.1) is 0 Å². The number of hydrogen-bond acceptors (Lipinski definition) is 3. The zero-order chi connectivity index (χ0) is 15.9. The average molecular weight is 316 g/mol. The summed E-state index contributed by atoms with van der Waals surface area (Å²) in [5.74, 6) is 0.768. The van der Waals surface area contributed by atoms with Crippen molar-refractivity contribution >= 4 is 23.8 Å². The lowest BCUT2D eigenvalue weighted by molar-refractivity contribution is -0.138. The summed E-state index contributed by atoms with van der Waals surface area (Å²) in [6.07, 6.45) is 3.25. The van der Waals surface area contributed by atoms with Crippen LogP contribution in [0.3, 0.4) is 0 Å². The second kappa shape index (κ2) is 8.51. The number of hydrogen-bond donors (Lipinski definition) is 3. The van der Waals surface area contributed by atoms with Gasteiger partial charge >= 0.3 is 12.0 Å². The molecule has 21 heavy (non-hydrogen) atoms. The lowest BCUT2D eigenvalue weighted by atomic mass is 9.94. The summed E-state index contributed by atoms with van der Waals surface area (Å²) < 4.78 is 0.149. The van der Waals surface area contributed by atoms with Crippen LogP contribution in [0.15, 0.2) is 0 Å². The second-order valence-corrected chi connectivity index (χ2v) is 8.24. The molecule has 3 N–H and O–H groups in total. The minimum atomic E-state index is -0.808. The number of thioether (sulfide) groups is 1. The van der Waals surface area contributed by atoms with Gasteiger partial charge < -0.3 is 15.7 Å². The van der Waals surface area contributed by atoms with E-state index in [1.54, 1.807) is 0 Å². The van der Waals surface area contributed by atoms with Gasteiger partial charge in [-0.15, -0.1) is 0 Å². The van der Waals surface area contributed by atoms with E-state index in [1.165, 1.54) is 6.42 Å². The maximum Gasteiger partial charge on any atom is 0.314 e. The number of amides is 2. The summed E-state index contributed by atoms with van der Waals surface area (Å²) >= 11 is 1.91. The van der Waals surface area contributed by atoms with E-state index < -0.39 is 5.97 Å². The molecule has 0 aromatic heterocycles. The van der Waals surface area contributed by atoms with Crippen LogP contribution in [-0.4, -0.2) is 40.7 Å². The van der Waals surface area contributed by atoms with E-state index >= 15 is 0 Å². The molecule has 0 bridgehead atoms. The molecule has 6 heteroatoms. The largest absolute Gasteiger partial charge is 0.481 e. The predicted molar refractivity (Wildman–Crippen MR) is 86.7 cm³/mol. The van der Waals surface area contributed by atoms with Crippen molar-refractivity contribution in [2.75, 3.05) is 18.8 Å². The quantitative estimate of drug-likeness (QED) is 0.643. The summed E-state index contributed by atoms with van der Waals surface area (Å²) in [7, 11) is 0. The van der Waals surface area contributed by atoms with Crippen LogP contribution in [0.5, 0.6) is 0 Å². The van der Waals surface area contributed by atoms with Gasteiger partial charge in [-0.2, -0.15) is 11.8 Å². The van der Waals surface area contributed by atoms with E-state index in [-0.39, 0.29) is 23.1 Å². The molecule has 5 nitrogen and oxygen atoms in total. The maximum atomic E-state index is 11.8. The molecule has 0 aliphatic carbocycles. The average Bonchev–Trinajstić information content (AvgIpc) is 2.80. The fourth-order valence-electron chi connectivity index (χ4n) is 2.70. The summed E-state index contributed by atoms with van der Waals surface area (Å²) in [6, 6.07) is -0.192. The smallest absolute Gasteiger partial charge is 0.314 e. The van der Waals surface area contributed by atoms with Crippen molar-refractivity contribution in [2.24, 2.45) is 11.8 Å². The van der Waals surface area contributed by atoms with E-state index in [4.69, 9.17) is 5.11 Å². The molecule has 1 aliphatic heterocycles. The van der Waals surface area contributed by atoms with E-state index in [9.17, 15) is 9.59 Å². The molecular weight excluding hydrogens is 288 g/mol. The van der Waals surface area contributed by atoms with Crippen molar-refractivity contribution in [3.05, 3.63) is 0 Å². The van der Waals surface area contributed by atoms with E-state index in [0.717, 1.165) is 18.6 Å². The zero-order valence-electron chi connectivity index (χ0n) is 13.3. The molecule has 122 valence electrons. The molecular formula is C15H28N2O3S. The van der Waals surface area contributed by atoms with Crippen LogP contribution < -0.4 is 10.6 Å². The highest BCUT2D eigenvalue weighted by molar-refractivity contribution is 8.00. The molecule has 0 aromatic carbocycles. The van der Waals surface area contributed by atoms with Crippen molar-refractivity contribution in [2.45, 2.75) is 51.2 Å². The van der Waals surface area contributed by atoms with Gasteiger partial charge in [0, 0.05) is 24.3 Å². The van der Waals surface area contributed by atoms with Crippen LogP contribution in [0, 0.1) is 11.8 Å². The highest BCUT2D eigenvalue weighted by Crippen LogP contribution is 2.36. The first-order valence-corrected chi connectivity index (χ1v) is 8.67. The molecule has 2 amide bonds. The molecule has 0 spiro atoms. The molecule has 2 atom stereocenters. The number of carboxylic acid groups (broad SMARTS) is 1. The van der Waals surface area contributed by atoms with Crippen LogP contribution >= 0.6 is 11.8 Å². The van der Waals surface area contributed by atoms with Crippen molar-refractivity contribution in [1.29, 1.82) is 0 Å². The molecule has 1 heterocycles. The van der Waals surface area contributed by atoms with Gasteiger partial charge in [-0.1, -0.05) is 13.8 Å². The van der Waals surface area contributed by atoms with Crippen molar-refractivity contribution in [3.63, 3.8) is 0 Å². The fraction of sp³-hybridized carbons (Fsp3) is 0.867. The number of nitrogens with one attached hydrogen (secondary N) is 2. The fourth-order valence-corrected chi connectivity index (χ4v) is 3.94. The molecule has 0 saturated carbocycles. The zero-order valence-corrected chi connectivity index (χ0v) is 14.1. The Morgan fingerprint density at radius 1 is 1.33 bits per heavy atom. The third kappa shape index (κ3) is 7.60. The number of aliphatic carboxylic acids is 1. The maximum absolute atomic E-state index is 11.8. The minimum absolute atomic E-state index is 0.00954. The van der Waals surface area contributed by atoms with Gasteiger partial charge in [-0.05, 0) is 43.8 Å². The lowest BCUT2D eigenvalue weighted by Crippen LogP contribution is -2.44. The van der Waals surface area contributed by atoms with Gasteiger partial charge in [0.25, 0.3) is 0 Å². The number of carbonyl (C=O) groups excluding carboxylic acids is 1. The van der Waals surface area contributed by atoms with Crippen LogP contribution in [0.25, 0.3) is 0 Å². The normalized spacial score (nSPS) is 23.0. The van der Waals surface area contributed by atoms with Gasteiger partial charge in [-0.25, -0.2) is 4.79 Å². The summed E-state index contributed by atoms with van der Waals surface area (Å²) in [5.41, 5.74) is 0. The van der Waals surface area contributed by atoms with Crippen LogP contribution in [-0.2, 0) is 4.79 Å². The first-order chi connectivity index (χ1) is 9.81. The van der Waals surface area contributed by atoms with Gasteiger partial charge in [-0.3, -0.25) is 4.79 Å². The molecule has 1 aliphatic rings.